The molecule has 30 heavy (non-hydrogen) atoms. The lowest BCUT2D eigenvalue weighted by Crippen LogP contribution is -2.52. The molecule has 0 aromatic heterocycles. The van der Waals surface area contributed by atoms with Gasteiger partial charge in [-0.1, -0.05) is 44.5 Å². The smallest absolute Gasteiger partial charge is 0.191 e. The molecule has 2 saturated heterocycles. The number of ether oxygens (including phenoxy) is 1. The summed E-state index contributed by atoms with van der Waals surface area (Å²) in [4.78, 5) is 9.60. The van der Waals surface area contributed by atoms with Crippen molar-refractivity contribution >= 4 is 5.96 Å². The van der Waals surface area contributed by atoms with Gasteiger partial charge in [-0.05, 0) is 43.0 Å². The summed E-state index contributed by atoms with van der Waals surface area (Å²) in [7, 11) is 1.86. The van der Waals surface area contributed by atoms with Crippen LogP contribution in [0.5, 0.6) is 0 Å². The average Bonchev–Trinajstić information content (AvgIpc) is 2.78. The maximum absolute atomic E-state index is 5.53. The van der Waals surface area contributed by atoms with Crippen molar-refractivity contribution in [1.29, 1.82) is 0 Å². The lowest BCUT2D eigenvalue weighted by molar-refractivity contribution is 0.00752. The second-order valence-electron chi connectivity index (χ2n) is 8.87. The normalized spacial score (nSPS) is 20.3. The highest BCUT2D eigenvalue weighted by molar-refractivity contribution is 5.79. The third-order valence-electron chi connectivity index (χ3n) is 6.39. The molecule has 1 aromatic rings. The van der Waals surface area contributed by atoms with Crippen molar-refractivity contribution in [2.45, 2.75) is 52.2 Å². The van der Waals surface area contributed by atoms with Gasteiger partial charge in [0.2, 0.25) is 0 Å². The summed E-state index contributed by atoms with van der Waals surface area (Å²) in [5.41, 5.74) is 2.79. The van der Waals surface area contributed by atoms with E-state index in [0.717, 1.165) is 51.9 Å². The summed E-state index contributed by atoms with van der Waals surface area (Å²) >= 11 is 0. The van der Waals surface area contributed by atoms with Crippen LogP contribution < -0.4 is 10.6 Å². The highest BCUT2D eigenvalue weighted by Gasteiger charge is 2.24. The molecule has 2 fully saturated rings. The van der Waals surface area contributed by atoms with E-state index in [9.17, 15) is 0 Å². The van der Waals surface area contributed by atoms with Crippen LogP contribution in [0.3, 0.4) is 0 Å². The molecule has 2 aliphatic heterocycles. The zero-order valence-electron chi connectivity index (χ0n) is 19.2. The van der Waals surface area contributed by atoms with Crippen LogP contribution in [0, 0.1) is 5.92 Å². The van der Waals surface area contributed by atoms with E-state index in [0.29, 0.717) is 12.0 Å². The van der Waals surface area contributed by atoms with Crippen LogP contribution in [0.25, 0.3) is 0 Å². The fourth-order valence-electron chi connectivity index (χ4n) is 4.54. The van der Waals surface area contributed by atoms with Crippen molar-refractivity contribution in [3.05, 3.63) is 35.4 Å². The van der Waals surface area contributed by atoms with Crippen LogP contribution in [-0.4, -0.2) is 74.8 Å². The lowest BCUT2D eigenvalue weighted by atomic mass is 10.0. The van der Waals surface area contributed by atoms with E-state index in [4.69, 9.17) is 4.74 Å². The van der Waals surface area contributed by atoms with Crippen LogP contribution >= 0.6 is 0 Å². The van der Waals surface area contributed by atoms with Crippen LogP contribution in [0.15, 0.2) is 29.3 Å². The van der Waals surface area contributed by atoms with E-state index < -0.39 is 0 Å². The number of hydrogen-bond donors (Lipinski definition) is 2. The maximum Gasteiger partial charge on any atom is 0.191 e. The zero-order chi connectivity index (χ0) is 21.2. The van der Waals surface area contributed by atoms with E-state index in [1.165, 1.54) is 43.5 Å². The summed E-state index contributed by atoms with van der Waals surface area (Å²) in [5, 5.41) is 7.10. The fraction of sp³-hybridized carbons (Fsp3) is 0.708. The molecule has 1 unspecified atom stereocenters. The maximum atomic E-state index is 5.53. The van der Waals surface area contributed by atoms with Crippen molar-refractivity contribution in [2.75, 3.05) is 53.0 Å². The SMILES string of the molecule is CN=C(NCc1ccccc1CN1CCCCC1)NCC(C(C)C)N1CCOCC1. The molecule has 0 aliphatic carbocycles. The molecular formula is C24H41N5O. The molecule has 0 saturated carbocycles. The number of benzene rings is 1. The molecule has 2 N–H and O–H groups in total. The standard InChI is InChI=1S/C24H41N5O/c1-20(2)23(29-13-15-30-16-14-29)18-27-24(25-3)26-17-21-9-5-6-10-22(21)19-28-11-7-4-8-12-28/h5-6,9-10,20,23H,4,7-8,11-19H2,1-3H3,(H2,25,26,27). The van der Waals surface area contributed by atoms with Gasteiger partial charge in [-0.25, -0.2) is 0 Å². The summed E-state index contributed by atoms with van der Waals surface area (Å²) in [6, 6.07) is 9.30. The van der Waals surface area contributed by atoms with Crippen LogP contribution in [0.2, 0.25) is 0 Å². The highest BCUT2D eigenvalue weighted by atomic mass is 16.5. The molecule has 0 amide bonds. The first-order valence-corrected chi connectivity index (χ1v) is 11.7. The number of morpholine rings is 1. The minimum Gasteiger partial charge on any atom is -0.379 e. The first kappa shape index (κ1) is 23.0. The summed E-state index contributed by atoms with van der Waals surface area (Å²) in [6.07, 6.45) is 4.04. The number of aliphatic imine (C=N–C) groups is 1. The fourth-order valence-corrected chi connectivity index (χ4v) is 4.54. The monoisotopic (exact) mass is 415 g/mol. The van der Waals surface area contributed by atoms with Gasteiger partial charge in [-0.15, -0.1) is 0 Å². The largest absolute Gasteiger partial charge is 0.379 e. The number of piperidine rings is 1. The Balaban J connectivity index is 1.52. The molecule has 3 rings (SSSR count). The van der Waals surface area contributed by atoms with Gasteiger partial charge in [0.05, 0.1) is 13.2 Å². The Morgan fingerprint density at radius 2 is 1.70 bits per heavy atom. The van der Waals surface area contributed by atoms with Gasteiger partial charge < -0.3 is 15.4 Å². The van der Waals surface area contributed by atoms with Crippen LogP contribution in [0.1, 0.15) is 44.2 Å². The van der Waals surface area contributed by atoms with E-state index in [1.807, 2.05) is 7.05 Å². The molecule has 6 heteroatoms. The number of guanidine groups is 1. The first-order valence-electron chi connectivity index (χ1n) is 11.7. The van der Waals surface area contributed by atoms with Crippen molar-refractivity contribution in [2.24, 2.45) is 10.9 Å². The number of hydrogen-bond acceptors (Lipinski definition) is 4. The Morgan fingerprint density at radius 3 is 2.37 bits per heavy atom. The predicted octanol–water partition coefficient (Wildman–Crippen LogP) is 2.69. The summed E-state index contributed by atoms with van der Waals surface area (Å²) in [6.45, 7) is 13.5. The van der Waals surface area contributed by atoms with Gasteiger partial charge in [0.1, 0.15) is 0 Å². The number of nitrogens with zero attached hydrogens (tertiary/aromatic N) is 3. The molecule has 6 nitrogen and oxygen atoms in total. The van der Waals surface area contributed by atoms with Crippen molar-refractivity contribution < 1.29 is 4.74 Å². The van der Waals surface area contributed by atoms with Gasteiger partial charge >= 0.3 is 0 Å². The van der Waals surface area contributed by atoms with Gasteiger partial charge in [-0.3, -0.25) is 14.8 Å². The second-order valence-corrected chi connectivity index (χ2v) is 8.87. The molecule has 1 atom stereocenters. The Morgan fingerprint density at radius 1 is 1.00 bits per heavy atom. The molecular weight excluding hydrogens is 374 g/mol. The van der Waals surface area contributed by atoms with Crippen LogP contribution in [0.4, 0.5) is 0 Å². The number of rotatable bonds is 8. The van der Waals surface area contributed by atoms with Crippen LogP contribution in [-0.2, 0) is 17.8 Å². The minimum absolute atomic E-state index is 0.485. The Bertz CT molecular complexity index is 651. The second kappa shape index (κ2) is 12.3. The van der Waals surface area contributed by atoms with Crippen molar-refractivity contribution in [3.63, 3.8) is 0 Å². The average molecular weight is 416 g/mol. The number of likely N-dealkylation sites (tertiary alicyclic amines) is 1. The first-order chi connectivity index (χ1) is 14.7. The van der Waals surface area contributed by atoms with Gasteiger partial charge in [-0.2, -0.15) is 0 Å². The predicted molar refractivity (Wildman–Crippen MR) is 125 cm³/mol. The summed E-state index contributed by atoms with van der Waals surface area (Å²) in [5.74, 6) is 1.46. The van der Waals surface area contributed by atoms with E-state index in [2.05, 4.69) is 63.5 Å². The lowest BCUT2D eigenvalue weighted by Gasteiger charge is -2.37. The molecule has 2 aliphatic rings. The Hall–Kier alpha value is -1.63. The quantitative estimate of drug-likeness (QED) is 0.505. The minimum atomic E-state index is 0.485. The van der Waals surface area contributed by atoms with Gasteiger partial charge in [0.25, 0.3) is 0 Å². The third-order valence-corrected chi connectivity index (χ3v) is 6.39. The van der Waals surface area contributed by atoms with E-state index >= 15 is 0 Å². The zero-order valence-corrected chi connectivity index (χ0v) is 19.2. The van der Waals surface area contributed by atoms with Gasteiger partial charge in [0, 0.05) is 45.8 Å². The molecule has 1 aromatic carbocycles. The molecule has 0 radical (unpaired) electrons. The summed E-state index contributed by atoms with van der Waals surface area (Å²) < 4.78 is 5.53. The van der Waals surface area contributed by atoms with E-state index in [-0.39, 0.29) is 0 Å². The Labute approximate surface area is 183 Å². The van der Waals surface area contributed by atoms with Crippen molar-refractivity contribution in [3.8, 4) is 0 Å². The molecule has 0 bridgehead atoms. The number of nitrogens with one attached hydrogen (secondary N) is 2. The Kier molecular flexibility index (Phi) is 9.43. The highest BCUT2D eigenvalue weighted by Crippen LogP contribution is 2.16. The molecule has 2 heterocycles. The van der Waals surface area contributed by atoms with Crippen molar-refractivity contribution in [1.82, 2.24) is 20.4 Å². The third kappa shape index (κ3) is 6.96. The van der Waals surface area contributed by atoms with E-state index in [1.54, 1.807) is 0 Å². The molecule has 168 valence electrons. The van der Waals surface area contributed by atoms with Gasteiger partial charge in [0.15, 0.2) is 5.96 Å². The molecule has 0 spiro atoms. The topological polar surface area (TPSA) is 52.1 Å².